The molecule has 1 aromatic rings. The fourth-order valence-electron chi connectivity index (χ4n) is 3.13. The van der Waals surface area contributed by atoms with Gasteiger partial charge in [0.2, 0.25) is 0 Å². The Hall–Kier alpha value is -1.09. The van der Waals surface area contributed by atoms with E-state index in [0.717, 1.165) is 37.8 Å². The molecule has 2 rings (SSSR count). The molecular weight excluding hydrogens is 236 g/mol. The molecule has 1 unspecified atom stereocenters. The van der Waals surface area contributed by atoms with Crippen molar-refractivity contribution >= 4 is 5.78 Å². The van der Waals surface area contributed by atoms with E-state index in [1.807, 2.05) is 6.07 Å². The average Bonchev–Trinajstić information content (AvgIpc) is 2.72. The standard InChI is InChI=1S/C16H26N2O/c1-12(2)10-13(11-17(3)4)18-9-8-14-15(18)6-5-7-16(14)19/h8-9,12-13H,5-7,10-11H2,1-4H3. The third-order valence-electron chi connectivity index (χ3n) is 3.85. The fraction of sp³-hybridized carbons (Fsp3) is 0.688. The first-order valence-corrected chi connectivity index (χ1v) is 7.36. The molecule has 0 N–H and O–H groups in total. The van der Waals surface area contributed by atoms with Gasteiger partial charge in [0.25, 0.3) is 0 Å². The Morgan fingerprint density at radius 2 is 2.05 bits per heavy atom. The van der Waals surface area contributed by atoms with E-state index in [0.29, 0.717) is 17.7 Å². The smallest absolute Gasteiger partial charge is 0.164 e. The molecule has 0 radical (unpaired) electrons. The predicted molar refractivity (Wildman–Crippen MR) is 78.7 cm³/mol. The van der Waals surface area contributed by atoms with E-state index in [1.54, 1.807) is 0 Å². The average molecular weight is 262 g/mol. The van der Waals surface area contributed by atoms with E-state index < -0.39 is 0 Å². The topological polar surface area (TPSA) is 25.2 Å². The van der Waals surface area contributed by atoms with Crippen LogP contribution in [-0.2, 0) is 6.42 Å². The first-order valence-electron chi connectivity index (χ1n) is 7.36. The molecule has 1 aromatic heterocycles. The zero-order valence-electron chi connectivity index (χ0n) is 12.6. The Kier molecular flexibility index (Phi) is 4.46. The Bertz CT molecular complexity index is 436. The van der Waals surface area contributed by atoms with Crippen molar-refractivity contribution in [1.29, 1.82) is 0 Å². The molecule has 0 bridgehead atoms. The van der Waals surface area contributed by atoms with Gasteiger partial charge in [-0.25, -0.2) is 0 Å². The number of carbonyl (C=O) groups excluding carboxylic acids is 1. The monoisotopic (exact) mass is 262 g/mol. The van der Waals surface area contributed by atoms with Crippen molar-refractivity contribution in [2.45, 2.75) is 45.6 Å². The lowest BCUT2D eigenvalue weighted by molar-refractivity contribution is 0.0971. The summed E-state index contributed by atoms with van der Waals surface area (Å²) < 4.78 is 2.37. The van der Waals surface area contributed by atoms with E-state index >= 15 is 0 Å². The zero-order valence-corrected chi connectivity index (χ0v) is 12.6. The minimum absolute atomic E-state index is 0.327. The van der Waals surface area contributed by atoms with Gasteiger partial charge in [-0.2, -0.15) is 0 Å². The number of likely N-dealkylation sites (N-methyl/N-ethyl adjacent to an activating group) is 1. The first kappa shape index (κ1) is 14.3. The van der Waals surface area contributed by atoms with Crippen LogP contribution < -0.4 is 0 Å². The number of hydrogen-bond acceptors (Lipinski definition) is 2. The molecule has 0 saturated carbocycles. The summed E-state index contributed by atoms with van der Waals surface area (Å²) in [6.07, 6.45) is 6.07. The van der Waals surface area contributed by atoms with Crippen LogP contribution in [-0.4, -0.2) is 35.9 Å². The number of hydrogen-bond donors (Lipinski definition) is 0. The van der Waals surface area contributed by atoms with Gasteiger partial charge in [0.1, 0.15) is 0 Å². The molecule has 1 aliphatic carbocycles. The zero-order chi connectivity index (χ0) is 14.0. The van der Waals surface area contributed by atoms with E-state index in [2.05, 4.69) is 43.6 Å². The van der Waals surface area contributed by atoms with Crippen LogP contribution in [0.4, 0.5) is 0 Å². The van der Waals surface area contributed by atoms with Crippen LogP contribution in [0.5, 0.6) is 0 Å². The molecule has 19 heavy (non-hydrogen) atoms. The maximum atomic E-state index is 11.9. The van der Waals surface area contributed by atoms with Crippen LogP contribution >= 0.6 is 0 Å². The molecule has 0 aromatic carbocycles. The Balaban J connectivity index is 2.28. The highest BCUT2D eigenvalue weighted by Gasteiger charge is 2.24. The molecule has 1 atom stereocenters. The summed E-state index contributed by atoms with van der Waals surface area (Å²) in [4.78, 5) is 14.2. The maximum absolute atomic E-state index is 11.9. The molecule has 106 valence electrons. The summed E-state index contributed by atoms with van der Waals surface area (Å²) >= 11 is 0. The molecule has 0 fully saturated rings. The summed E-state index contributed by atoms with van der Waals surface area (Å²) in [6.45, 7) is 5.57. The highest BCUT2D eigenvalue weighted by atomic mass is 16.1. The number of ketones is 1. The van der Waals surface area contributed by atoms with Gasteiger partial charge in [-0.3, -0.25) is 4.79 Å². The summed E-state index contributed by atoms with van der Waals surface area (Å²) in [5.74, 6) is 0.996. The minimum atomic E-state index is 0.327. The number of carbonyl (C=O) groups is 1. The molecule has 0 spiro atoms. The second-order valence-electron chi connectivity index (χ2n) is 6.41. The van der Waals surface area contributed by atoms with Crippen LogP contribution in [0.25, 0.3) is 0 Å². The molecule has 0 saturated heterocycles. The van der Waals surface area contributed by atoms with Crippen LogP contribution in [0.2, 0.25) is 0 Å². The summed E-state index contributed by atoms with van der Waals surface area (Å²) in [6, 6.07) is 2.50. The molecule has 3 heteroatoms. The van der Waals surface area contributed by atoms with Gasteiger partial charge in [-0.1, -0.05) is 13.8 Å². The highest BCUT2D eigenvalue weighted by molar-refractivity contribution is 5.98. The number of nitrogens with zero attached hydrogens (tertiary/aromatic N) is 2. The molecule has 3 nitrogen and oxygen atoms in total. The molecule has 1 aliphatic rings. The number of aromatic nitrogens is 1. The third kappa shape index (κ3) is 3.27. The third-order valence-corrected chi connectivity index (χ3v) is 3.85. The van der Waals surface area contributed by atoms with Gasteiger partial charge >= 0.3 is 0 Å². The van der Waals surface area contributed by atoms with E-state index in [-0.39, 0.29) is 0 Å². The van der Waals surface area contributed by atoms with Crippen molar-refractivity contribution in [3.63, 3.8) is 0 Å². The van der Waals surface area contributed by atoms with Crippen LogP contribution in [0.1, 0.15) is 55.2 Å². The fourth-order valence-corrected chi connectivity index (χ4v) is 3.13. The van der Waals surface area contributed by atoms with Crippen molar-refractivity contribution in [1.82, 2.24) is 9.47 Å². The number of fused-ring (bicyclic) bond motifs is 1. The number of rotatable bonds is 5. The molecule has 1 heterocycles. The van der Waals surface area contributed by atoms with Crippen molar-refractivity contribution in [3.8, 4) is 0 Å². The summed E-state index contributed by atoms with van der Waals surface area (Å²) in [7, 11) is 4.24. The lowest BCUT2D eigenvalue weighted by Gasteiger charge is -2.27. The van der Waals surface area contributed by atoms with Crippen LogP contribution in [0.15, 0.2) is 12.3 Å². The van der Waals surface area contributed by atoms with Gasteiger partial charge in [0.15, 0.2) is 5.78 Å². The van der Waals surface area contributed by atoms with Gasteiger partial charge in [0.05, 0.1) is 0 Å². The van der Waals surface area contributed by atoms with E-state index in [9.17, 15) is 4.79 Å². The quantitative estimate of drug-likeness (QED) is 0.814. The first-order chi connectivity index (χ1) is 8.99. The van der Waals surface area contributed by atoms with Crippen LogP contribution in [0.3, 0.4) is 0 Å². The van der Waals surface area contributed by atoms with Crippen LogP contribution in [0, 0.1) is 5.92 Å². The van der Waals surface area contributed by atoms with Gasteiger partial charge in [0, 0.05) is 36.5 Å². The second kappa shape index (κ2) is 5.91. The Morgan fingerprint density at radius 3 is 2.68 bits per heavy atom. The maximum Gasteiger partial charge on any atom is 0.164 e. The van der Waals surface area contributed by atoms with Crippen molar-refractivity contribution in [3.05, 3.63) is 23.5 Å². The van der Waals surface area contributed by atoms with Gasteiger partial charge in [-0.15, -0.1) is 0 Å². The minimum Gasteiger partial charge on any atom is -0.346 e. The lowest BCUT2D eigenvalue weighted by Crippen LogP contribution is -2.27. The molecule has 0 amide bonds. The predicted octanol–water partition coefficient (Wildman–Crippen LogP) is 3.16. The van der Waals surface area contributed by atoms with E-state index in [1.165, 1.54) is 5.69 Å². The SMILES string of the molecule is CC(C)CC(CN(C)C)n1ccc2c1CCCC2=O. The lowest BCUT2D eigenvalue weighted by atomic mass is 9.96. The Morgan fingerprint density at radius 1 is 1.32 bits per heavy atom. The van der Waals surface area contributed by atoms with Gasteiger partial charge in [-0.05, 0) is 45.3 Å². The largest absolute Gasteiger partial charge is 0.346 e. The summed E-state index contributed by atoms with van der Waals surface area (Å²) in [5.41, 5.74) is 2.24. The highest BCUT2D eigenvalue weighted by Crippen LogP contribution is 2.28. The van der Waals surface area contributed by atoms with Crippen molar-refractivity contribution in [2.75, 3.05) is 20.6 Å². The molecule has 0 aliphatic heterocycles. The van der Waals surface area contributed by atoms with Gasteiger partial charge < -0.3 is 9.47 Å². The Labute approximate surface area is 116 Å². The second-order valence-corrected chi connectivity index (χ2v) is 6.41. The summed E-state index contributed by atoms with van der Waals surface area (Å²) in [5, 5.41) is 0. The number of Topliss-reactive ketones (excluding diaryl/α,β-unsaturated/α-hetero) is 1. The molecular formula is C16H26N2O. The normalized spacial score (nSPS) is 17.1. The van der Waals surface area contributed by atoms with Crippen molar-refractivity contribution < 1.29 is 4.79 Å². The van der Waals surface area contributed by atoms with Crippen molar-refractivity contribution in [2.24, 2.45) is 5.92 Å². The van der Waals surface area contributed by atoms with E-state index in [4.69, 9.17) is 0 Å².